The molecule has 0 saturated carbocycles. The molecular weight excluding hydrogens is 384 g/mol. The van der Waals surface area contributed by atoms with Crippen LogP contribution in [0.2, 0.25) is 0 Å². The number of hydrogen-bond acceptors (Lipinski definition) is 3. The Labute approximate surface area is 184 Å². The van der Waals surface area contributed by atoms with Crippen LogP contribution in [0.25, 0.3) is 0 Å². The van der Waals surface area contributed by atoms with Crippen LogP contribution in [0.3, 0.4) is 0 Å². The molecule has 0 aliphatic carbocycles. The average Bonchev–Trinajstić information content (AvgIpc) is 2.84. The van der Waals surface area contributed by atoms with Crippen LogP contribution in [-0.4, -0.2) is 24.1 Å². The lowest BCUT2D eigenvalue weighted by atomic mass is 9.95. The lowest BCUT2D eigenvalue weighted by Crippen LogP contribution is -2.34. The van der Waals surface area contributed by atoms with Gasteiger partial charge in [-0.1, -0.05) is 72.8 Å². The molecule has 0 aromatic heterocycles. The topological polar surface area (TPSA) is 52.6 Å². The predicted molar refractivity (Wildman–Crippen MR) is 125 cm³/mol. The lowest BCUT2D eigenvalue weighted by molar-refractivity contribution is -0.120. The van der Waals surface area contributed by atoms with Crippen molar-refractivity contribution >= 4 is 11.6 Å². The summed E-state index contributed by atoms with van der Waals surface area (Å²) in [6.07, 6.45) is 4.01. The lowest BCUT2D eigenvalue weighted by Gasteiger charge is -2.33. The number of carbonyl (C=O) groups is 1. The van der Waals surface area contributed by atoms with Crippen LogP contribution >= 0.6 is 0 Å². The summed E-state index contributed by atoms with van der Waals surface area (Å²) in [5.74, 6) is -0.0148. The second-order valence-corrected chi connectivity index (χ2v) is 8.17. The summed E-state index contributed by atoms with van der Waals surface area (Å²) < 4.78 is 0. The number of hydrogen-bond donors (Lipinski definition) is 2. The minimum absolute atomic E-state index is 0.00976. The number of carbonyl (C=O) groups excluding carboxylic acids is 1. The molecule has 3 aromatic rings. The zero-order chi connectivity index (χ0) is 21.5. The molecule has 0 radical (unpaired) electrons. The first-order valence-electron chi connectivity index (χ1n) is 11.1. The molecule has 3 aromatic carbocycles. The average molecular weight is 415 g/mol. The third-order valence-electron chi connectivity index (χ3n) is 5.95. The second-order valence-electron chi connectivity index (χ2n) is 8.17. The molecule has 1 aliphatic rings. The Hall–Kier alpha value is -3.11. The molecule has 0 spiro atoms. The van der Waals surface area contributed by atoms with Gasteiger partial charge in [-0.3, -0.25) is 4.79 Å². The molecular formula is C27H30N2O2. The van der Waals surface area contributed by atoms with Gasteiger partial charge >= 0.3 is 0 Å². The Balaban J connectivity index is 1.60. The standard InChI is InChI=1S/C27H30N2O2/c30-20-22-15-13-21(14-16-22)19-26(31)28-27(23-9-3-1-4-10-23)24-11-5-6-12-25(24)29-17-7-2-8-18-29/h1,3-6,9-16,27,30H,2,7-8,17-20H2,(H,28,31). The summed E-state index contributed by atoms with van der Waals surface area (Å²) in [6.45, 7) is 2.13. The first-order chi connectivity index (χ1) is 15.2. The van der Waals surface area contributed by atoms with E-state index in [-0.39, 0.29) is 18.6 Å². The van der Waals surface area contributed by atoms with Crippen LogP contribution in [0.15, 0.2) is 78.9 Å². The smallest absolute Gasteiger partial charge is 0.225 e. The molecule has 2 N–H and O–H groups in total. The van der Waals surface area contributed by atoms with Crippen LogP contribution in [0, 0.1) is 0 Å². The molecule has 0 bridgehead atoms. The van der Waals surface area contributed by atoms with Crippen molar-refractivity contribution < 1.29 is 9.90 Å². The van der Waals surface area contributed by atoms with Crippen molar-refractivity contribution in [2.45, 2.75) is 38.3 Å². The zero-order valence-corrected chi connectivity index (χ0v) is 17.8. The minimum atomic E-state index is -0.205. The Kier molecular flexibility index (Phi) is 7.00. The van der Waals surface area contributed by atoms with E-state index in [9.17, 15) is 9.90 Å². The summed E-state index contributed by atoms with van der Waals surface area (Å²) in [6, 6.07) is 26.0. The summed E-state index contributed by atoms with van der Waals surface area (Å²) >= 11 is 0. The molecule has 1 unspecified atom stereocenters. The second kappa shape index (κ2) is 10.3. The highest BCUT2D eigenvalue weighted by atomic mass is 16.3. The fraction of sp³-hybridized carbons (Fsp3) is 0.296. The fourth-order valence-electron chi connectivity index (χ4n) is 4.30. The van der Waals surface area contributed by atoms with Crippen LogP contribution < -0.4 is 10.2 Å². The van der Waals surface area contributed by atoms with Gasteiger partial charge in [0.2, 0.25) is 5.91 Å². The third kappa shape index (κ3) is 5.33. The fourth-order valence-corrected chi connectivity index (χ4v) is 4.30. The number of nitrogens with zero attached hydrogens (tertiary/aromatic N) is 1. The SMILES string of the molecule is O=C(Cc1ccc(CO)cc1)NC(c1ccccc1)c1ccccc1N1CCCCC1. The number of rotatable bonds is 7. The zero-order valence-electron chi connectivity index (χ0n) is 17.8. The molecule has 1 aliphatic heterocycles. The van der Waals surface area contributed by atoms with Crippen LogP contribution in [-0.2, 0) is 17.8 Å². The van der Waals surface area contributed by atoms with Gasteiger partial charge in [-0.2, -0.15) is 0 Å². The third-order valence-corrected chi connectivity index (χ3v) is 5.95. The van der Waals surface area contributed by atoms with Crippen molar-refractivity contribution in [3.05, 3.63) is 101 Å². The van der Waals surface area contributed by atoms with E-state index in [1.807, 2.05) is 42.5 Å². The van der Waals surface area contributed by atoms with Gasteiger partial charge in [0.1, 0.15) is 0 Å². The van der Waals surface area contributed by atoms with Crippen LogP contribution in [0.1, 0.15) is 47.6 Å². The molecule has 1 heterocycles. The number of aliphatic hydroxyl groups excluding tert-OH is 1. The number of piperidine rings is 1. The molecule has 160 valence electrons. The molecule has 1 fully saturated rings. The Bertz CT molecular complexity index is 980. The normalized spacial score (nSPS) is 14.8. The van der Waals surface area contributed by atoms with Gasteiger partial charge in [-0.15, -0.1) is 0 Å². The van der Waals surface area contributed by atoms with E-state index < -0.39 is 0 Å². The summed E-state index contributed by atoms with van der Waals surface area (Å²) in [7, 11) is 0. The van der Waals surface area contributed by atoms with E-state index in [2.05, 4.69) is 46.6 Å². The number of para-hydroxylation sites is 1. The first kappa shape index (κ1) is 21.1. The van der Waals surface area contributed by atoms with E-state index in [1.165, 1.54) is 24.9 Å². The monoisotopic (exact) mass is 414 g/mol. The Morgan fingerprint density at radius 1 is 0.839 bits per heavy atom. The maximum atomic E-state index is 13.0. The number of aliphatic hydroxyl groups is 1. The summed E-state index contributed by atoms with van der Waals surface area (Å²) in [5.41, 5.74) is 5.21. The number of benzene rings is 3. The number of amides is 1. The predicted octanol–water partition coefficient (Wildman–Crippen LogP) is 4.62. The highest BCUT2D eigenvalue weighted by Crippen LogP contribution is 2.32. The van der Waals surface area contributed by atoms with Crippen molar-refractivity contribution in [1.82, 2.24) is 5.32 Å². The van der Waals surface area contributed by atoms with E-state index >= 15 is 0 Å². The first-order valence-corrected chi connectivity index (χ1v) is 11.1. The quantitative estimate of drug-likeness (QED) is 0.593. The largest absolute Gasteiger partial charge is 0.392 e. The van der Waals surface area contributed by atoms with Crippen molar-refractivity contribution in [2.24, 2.45) is 0 Å². The molecule has 1 amide bonds. The molecule has 4 heteroatoms. The Morgan fingerprint density at radius 3 is 2.19 bits per heavy atom. The van der Waals surface area contributed by atoms with E-state index in [0.29, 0.717) is 6.42 Å². The summed E-state index contributed by atoms with van der Waals surface area (Å²) in [4.78, 5) is 15.5. The van der Waals surface area contributed by atoms with Crippen molar-refractivity contribution in [3.63, 3.8) is 0 Å². The van der Waals surface area contributed by atoms with E-state index in [0.717, 1.165) is 35.3 Å². The number of anilines is 1. The van der Waals surface area contributed by atoms with Crippen LogP contribution in [0.5, 0.6) is 0 Å². The maximum absolute atomic E-state index is 13.0. The van der Waals surface area contributed by atoms with Gasteiger partial charge in [0.25, 0.3) is 0 Å². The van der Waals surface area contributed by atoms with Gasteiger partial charge < -0.3 is 15.3 Å². The molecule has 31 heavy (non-hydrogen) atoms. The van der Waals surface area contributed by atoms with Gasteiger partial charge in [-0.05, 0) is 42.0 Å². The maximum Gasteiger partial charge on any atom is 0.225 e. The van der Waals surface area contributed by atoms with Gasteiger partial charge in [0.05, 0.1) is 19.1 Å². The van der Waals surface area contributed by atoms with Gasteiger partial charge in [-0.25, -0.2) is 0 Å². The summed E-state index contributed by atoms with van der Waals surface area (Å²) in [5, 5.41) is 12.5. The number of nitrogens with one attached hydrogen (secondary N) is 1. The van der Waals surface area contributed by atoms with Gasteiger partial charge in [0, 0.05) is 24.3 Å². The highest BCUT2D eigenvalue weighted by molar-refractivity contribution is 5.80. The minimum Gasteiger partial charge on any atom is -0.392 e. The van der Waals surface area contributed by atoms with Crippen molar-refractivity contribution in [2.75, 3.05) is 18.0 Å². The van der Waals surface area contributed by atoms with E-state index in [4.69, 9.17) is 0 Å². The molecule has 1 saturated heterocycles. The highest BCUT2D eigenvalue weighted by Gasteiger charge is 2.23. The molecule has 4 rings (SSSR count). The Morgan fingerprint density at radius 2 is 1.48 bits per heavy atom. The van der Waals surface area contributed by atoms with Crippen LogP contribution in [0.4, 0.5) is 5.69 Å². The molecule has 1 atom stereocenters. The van der Waals surface area contributed by atoms with Gasteiger partial charge in [0.15, 0.2) is 0 Å². The molecule has 4 nitrogen and oxygen atoms in total. The van der Waals surface area contributed by atoms with Crippen molar-refractivity contribution in [3.8, 4) is 0 Å². The van der Waals surface area contributed by atoms with E-state index in [1.54, 1.807) is 0 Å². The van der Waals surface area contributed by atoms with Crippen molar-refractivity contribution in [1.29, 1.82) is 0 Å².